The zero-order valence-corrected chi connectivity index (χ0v) is 11.5. The lowest BCUT2D eigenvalue weighted by Gasteiger charge is -2.14. The van der Waals surface area contributed by atoms with Crippen LogP contribution >= 0.6 is 12.2 Å². The van der Waals surface area contributed by atoms with E-state index in [0.717, 1.165) is 29.9 Å². The molecule has 92 valence electrons. The zero-order valence-electron chi connectivity index (χ0n) is 10.7. The van der Waals surface area contributed by atoms with Gasteiger partial charge < -0.3 is 14.5 Å². The number of likely N-dealkylation sites (N-methyl/N-ethyl adjacent to an activating group) is 1. The van der Waals surface area contributed by atoms with Gasteiger partial charge in [0.25, 0.3) is 0 Å². The lowest BCUT2D eigenvalue weighted by Crippen LogP contribution is -2.22. The highest BCUT2D eigenvalue weighted by molar-refractivity contribution is 7.71. The Morgan fingerprint density at radius 3 is 2.88 bits per heavy atom. The van der Waals surface area contributed by atoms with E-state index in [1.165, 1.54) is 11.1 Å². The molecule has 0 amide bonds. The minimum absolute atomic E-state index is 0.818. The summed E-state index contributed by atoms with van der Waals surface area (Å²) < 4.78 is 3.00. The summed E-state index contributed by atoms with van der Waals surface area (Å²) in [6, 6.07) is 6.32. The largest absolute Gasteiger partial charge is 0.330 e. The number of H-pyrrole nitrogens is 1. The Balaban J connectivity index is 2.37. The Kier molecular flexibility index (Phi) is 3.64. The third-order valence-electron chi connectivity index (χ3n) is 3.26. The second kappa shape index (κ2) is 5.02. The highest BCUT2D eigenvalue weighted by Gasteiger charge is 2.06. The number of hydrogen-bond acceptors (Lipinski definition) is 2. The number of benzene rings is 1. The van der Waals surface area contributed by atoms with Crippen molar-refractivity contribution in [2.45, 2.75) is 20.4 Å². The van der Waals surface area contributed by atoms with Crippen LogP contribution in [0.1, 0.15) is 12.5 Å². The van der Waals surface area contributed by atoms with Crippen molar-refractivity contribution in [3.8, 4) is 0 Å². The molecular weight excluding hydrogens is 230 g/mol. The number of aromatic nitrogens is 2. The maximum Gasteiger partial charge on any atom is 0.178 e. The normalized spacial score (nSPS) is 11.5. The SMILES string of the molecule is CCN(C)CCn1c(=S)[nH]c2c(C)cccc21. The van der Waals surface area contributed by atoms with Crippen molar-refractivity contribution in [1.82, 2.24) is 14.5 Å². The van der Waals surface area contributed by atoms with Gasteiger partial charge in [0.15, 0.2) is 4.77 Å². The van der Waals surface area contributed by atoms with Gasteiger partial charge >= 0.3 is 0 Å². The summed E-state index contributed by atoms with van der Waals surface area (Å²) in [5, 5.41) is 0. The van der Waals surface area contributed by atoms with Crippen molar-refractivity contribution in [2.75, 3.05) is 20.1 Å². The minimum Gasteiger partial charge on any atom is -0.330 e. The van der Waals surface area contributed by atoms with Crippen LogP contribution in [0.2, 0.25) is 0 Å². The number of imidazole rings is 1. The molecule has 17 heavy (non-hydrogen) atoms. The number of rotatable bonds is 4. The highest BCUT2D eigenvalue weighted by Crippen LogP contribution is 2.17. The molecule has 3 nitrogen and oxygen atoms in total. The molecule has 2 rings (SSSR count). The Bertz CT molecular complexity index is 568. The van der Waals surface area contributed by atoms with Crippen molar-refractivity contribution in [3.05, 3.63) is 28.5 Å². The fourth-order valence-corrected chi connectivity index (χ4v) is 2.27. The maximum atomic E-state index is 5.39. The fourth-order valence-electron chi connectivity index (χ4n) is 1.97. The average molecular weight is 249 g/mol. The van der Waals surface area contributed by atoms with E-state index in [4.69, 9.17) is 12.2 Å². The van der Waals surface area contributed by atoms with E-state index in [1.54, 1.807) is 0 Å². The molecule has 0 atom stereocenters. The number of nitrogens with one attached hydrogen (secondary N) is 1. The quantitative estimate of drug-likeness (QED) is 0.842. The first-order valence-electron chi connectivity index (χ1n) is 6.00. The Morgan fingerprint density at radius 2 is 2.18 bits per heavy atom. The van der Waals surface area contributed by atoms with E-state index in [-0.39, 0.29) is 0 Å². The van der Waals surface area contributed by atoms with E-state index in [9.17, 15) is 0 Å². The molecule has 4 heteroatoms. The molecule has 1 N–H and O–H groups in total. The predicted octanol–water partition coefficient (Wildman–Crippen LogP) is 2.96. The van der Waals surface area contributed by atoms with Crippen LogP contribution in [-0.4, -0.2) is 34.6 Å². The Labute approximate surface area is 107 Å². The molecule has 0 saturated carbocycles. The van der Waals surface area contributed by atoms with Crippen LogP contribution in [0.15, 0.2) is 18.2 Å². The summed E-state index contributed by atoms with van der Waals surface area (Å²) in [5.41, 5.74) is 3.62. The summed E-state index contributed by atoms with van der Waals surface area (Å²) in [6.07, 6.45) is 0. The lowest BCUT2D eigenvalue weighted by molar-refractivity contribution is 0.336. The van der Waals surface area contributed by atoms with Crippen LogP contribution in [0.3, 0.4) is 0 Å². The summed E-state index contributed by atoms with van der Waals surface area (Å²) in [4.78, 5) is 5.58. The molecule has 0 aliphatic rings. The van der Waals surface area contributed by atoms with Crippen LogP contribution in [0.25, 0.3) is 11.0 Å². The van der Waals surface area contributed by atoms with Crippen LogP contribution in [-0.2, 0) is 6.54 Å². The molecule has 0 radical (unpaired) electrons. The van der Waals surface area contributed by atoms with Crippen molar-refractivity contribution < 1.29 is 0 Å². The molecule has 0 aliphatic heterocycles. The molecule has 0 spiro atoms. The topological polar surface area (TPSA) is 24.0 Å². The summed E-state index contributed by atoms with van der Waals surface area (Å²) in [7, 11) is 2.13. The molecule has 1 aromatic carbocycles. The van der Waals surface area contributed by atoms with Gasteiger partial charge in [0, 0.05) is 13.1 Å². The van der Waals surface area contributed by atoms with Gasteiger partial charge in [-0.2, -0.15) is 0 Å². The van der Waals surface area contributed by atoms with Gasteiger partial charge in [-0.05, 0) is 44.4 Å². The number of hydrogen-bond donors (Lipinski definition) is 1. The summed E-state index contributed by atoms with van der Waals surface area (Å²) in [6.45, 7) is 7.29. The average Bonchev–Trinajstić information content (AvgIpc) is 2.64. The van der Waals surface area contributed by atoms with Crippen LogP contribution < -0.4 is 0 Å². The van der Waals surface area contributed by atoms with Gasteiger partial charge in [0.1, 0.15) is 0 Å². The molecule has 0 unspecified atom stereocenters. The standard InChI is InChI=1S/C13H19N3S/c1-4-15(3)8-9-16-11-7-5-6-10(2)12(11)14-13(16)17/h5-7H,4,8-9H2,1-3H3,(H,14,17). The molecule has 1 aromatic heterocycles. The first kappa shape index (κ1) is 12.3. The fraction of sp³-hybridized carbons (Fsp3) is 0.462. The summed E-state index contributed by atoms with van der Waals surface area (Å²) in [5.74, 6) is 0. The smallest absolute Gasteiger partial charge is 0.178 e. The number of aromatic amines is 1. The number of fused-ring (bicyclic) bond motifs is 1. The molecule has 0 aliphatic carbocycles. The van der Waals surface area contributed by atoms with E-state index < -0.39 is 0 Å². The van der Waals surface area contributed by atoms with E-state index in [0.29, 0.717) is 0 Å². The van der Waals surface area contributed by atoms with Crippen LogP contribution in [0.4, 0.5) is 0 Å². The van der Waals surface area contributed by atoms with Gasteiger partial charge in [-0.3, -0.25) is 0 Å². The van der Waals surface area contributed by atoms with Crippen LogP contribution in [0, 0.1) is 11.7 Å². The Hall–Kier alpha value is -1.13. The maximum absolute atomic E-state index is 5.39. The molecule has 1 heterocycles. The second-order valence-corrected chi connectivity index (χ2v) is 4.83. The third-order valence-corrected chi connectivity index (χ3v) is 3.59. The van der Waals surface area contributed by atoms with Crippen molar-refractivity contribution >= 4 is 23.3 Å². The van der Waals surface area contributed by atoms with E-state index in [1.807, 2.05) is 0 Å². The van der Waals surface area contributed by atoms with Gasteiger partial charge in [-0.1, -0.05) is 19.1 Å². The molecule has 0 bridgehead atoms. The molecule has 2 aromatic rings. The molecular formula is C13H19N3S. The van der Waals surface area contributed by atoms with Crippen molar-refractivity contribution in [2.24, 2.45) is 0 Å². The first-order valence-corrected chi connectivity index (χ1v) is 6.41. The van der Waals surface area contributed by atoms with Gasteiger partial charge in [0.05, 0.1) is 11.0 Å². The van der Waals surface area contributed by atoms with E-state index >= 15 is 0 Å². The predicted molar refractivity (Wildman–Crippen MR) is 75.0 cm³/mol. The monoisotopic (exact) mass is 249 g/mol. The summed E-state index contributed by atoms with van der Waals surface area (Å²) >= 11 is 5.39. The van der Waals surface area contributed by atoms with Gasteiger partial charge in [0.2, 0.25) is 0 Å². The minimum atomic E-state index is 0.818. The first-order chi connectivity index (χ1) is 8.13. The third kappa shape index (κ3) is 2.42. The van der Waals surface area contributed by atoms with Gasteiger partial charge in [-0.15, -0.1) is 0 Å². The van der Waals surface area contributed by atoms with Gasteiger partial charge in [-0.25, -0.2) is 0 Å². The lowest BCUT2D eigenvalue weighted by atomic mass is 10.2. The van der Waals surface area contributed by atoms with E-state index in [2.05, 4.69) is 53.5 Å². The number of aryl methyl sites for hydroxylation is 1. The second-order valence-electron chi connectivity index (χ2n) is 4.45. The van der Waals surface area contributed by atoms with Crippen LogP contribution in [0.5, 0.6) is 0 Å². The zero-order chi connectivity index (χ0) is 12.4. The highest BCUT2D eigenvalue weighted by atomic mass is 32.1. The van der Waals surface area contributed by atoms with Crippen molar-refractivity contribution in [1.29, 1.82) is 0 Å². The Morgan fingerprint density at radius 1 is 1.41 bits per heavy atom. The number of para-hydroxylation sites is 1. The molecule has 0 fully saturated rings. The molecule has 0 saturated heterocycles. The number of nitrogens with zero attached hydrogens (tertiary/aromatic N) is 2. The van der Waals surface area contributed by atoms with Crippen molar-refractivity contribution in [3.63, 3.8) is 0 Å².